The molecule has 0 aliphatic rings. The molecule has 0 radical (unpaired) electrons. The van der Waals surface area contributed by atoms with Gasteiger partial charge in [0, 0.05) is 0 Å². The summed E-state index contributed by atoms with van der Waals surface area (Å²) >= 11 is 0. The number of carboxylic acids is 1. The molecule has 2 unspecified atom stereocenters. The van der Waals surface area contributed by atoms with Crippen molar-refractivity contribution in [2.75, 3.05) is 0 Å². The maximum atomic E-state index is 10.8. The zero-order chi connectivity index (χ0) is 13.5. The van der Waals surface area contributed by atoms with Crippen LogP contribution >= 0.6 is 0 Å². The number of hydrogen-bond acceptors (Lipinski definition) is 3. The number of aliphatic carboxylic acids is 1. The Labute approximate surface area is 104 Å². The summed E-state index contributed by atoms with van der Waals surface area (Å²) < 4.78 is 0. The van der Waals surface area contributed by atoms with Gasteiger partial charge in [-0.3, -0.25) is 4.79 Å². The molecule has 0 aliphatic heterocycles. The first kappa shape index (κ1) is 16.4. The molecule has 17 heavy (non-hydrogen) atoms. The number of rotatable bonds is 8. The number of carboxylic acid groups (broad SMARTS) is 1. The highest BCUT2D eigenvalue weighted by molar-refractivity contribution is 5.67. The minimum Gasteiger partial charge on any atom is -0.481 e. The molecule has 0 rings (SSSR count). The SMILES string of the molecule is CCCCC(CC(=O)O)C(C)OOC(C)(C)C. The largest absolute Gasteiger partial charge is 0.481 e. The molecule has 0 aromatic heterocycles. The summed E-state index contributed by atoms with van der Waals surface area (Å²) in [5, 5.41) is 8.86. The molecule has 0 aromatic carbocycles. The van der Waals surface area contributed by atoms with Gasteiger partial charge in [-0.15, -0.1) is 0 Å². The third kappa shape index (κ3) is 9.12. The van der Waals surface area contributed by atoms with E-state index < -0.39 is 5.97 Å². The topological polar surface area (TPSA) is 55.8 Å². The van der Waals surface area contributed by atoms with E-state index in [1.165, 1.54) is 0 Å². The van der Waals surface area contributed by atoms with Crippen molar-refractivity contribution in [1.82, 2.24) is 0 Å². The van der Waals surface area contributed by atoms with Crippen LogP contribution in [0.1, 0.15) is 60.3 Å². The molecule has 0 heterocycles. The van der Waals surface area contributed by atoms with Crippen LogP contribution in [-0.4, -0.2) is 22.8 Å². The molecule has 4 heteroatoms. The quantitative estimate of drug-likeness (QED) is 0.527. The molecule has 0 bridgehead atoms. The predicted molar refractivity (Wildman–Crippen MR) is 66.7 cm³/mol. The third-order valence-electron chi connectivity index (χ3n) is 2.48. The van der Waals surface area contributed by atoms with Crippen molar-refractivity contribution in [3.8, 4) is 0 Å². The lowest BCUT2D eigenvalue weighted by Crippen LogP contribution is -2.28. The molecular weight excluding hydrogens is 220 g/mol. The highest BCUT2D eigenvalue weighted by Crippen LogP contribution is 2.21. The first-order chi connectivity index (χ1) is 7.76. The minimum absolute atomic E-state index is 0.00907. The molecule has 102 valence electrons. The molecule has 2 atom stereocenters. The number of carbonyl (C=O) groups is 1. The highest BCUT2D eigenvalue weighted by atomic mass is 17.2. The van der Waals surface area contributed by atoms with Gasteiger partial charge in [0.15, 0.2) is 0 Å². The Morgan fingerprint density at radius 1 is 1.35 bits per heavy atom. The van der Waals surface area contributed by atoms with Crippen molar-refractivity contribution in [2.45, 2.75) is 72.0 Å². The summed E-state index contributed by atoms with van der Waals surface area (Å²) in [6.45, 7) is 9.66. The van der Waals surface area contributed by atoms with E-state index in [4.69, 9.17) is 14.9 Å². The van der Waals surface area contributed by atoms with E-state index in [0.717, 1.165) is 19.3 Å². The zero-order valence-corrected chi connectivity index (χ0v) is 11.7. The molecule has 0 fully saturated rings. The summed E-state index contributed by atoms with van der Waals surface area (Å²) in [6, 6.07) is 0. The third-order valence-corrected chi connectivity index (χ3v) is 2.48. The van der Waals surface area contributed by atoms with E-state index in [0.29, 0.717) is 0 Å². The second-order valence-electron chi connectivity index (χ2n) is 5.50. The molecular formula is C13H26O4. The zero-order valence-electron chi connectivity index (χ0n) is 11.7. The van der Waals surface area contributed by atoms with Gasteiger partial charge >= 0.3 is 5.97 Å². The van der Waals surface area contributed by atoms with Gasteiger partial charge in [0.05, 0.1) is 18.1 Å². The summed E-state index contributed by atoms with van der Waals surface area (Å²) in [4.78, 5) is 21.3. The second-order valence-corrected chi connectivity index (χ2v) is 5.50. The van der Waals surface area contributed by atoms with Gasteiger partial charge in [0.2, 0.25) is 0 Å². The fourth-order valence-corrected chi connectivity index (χ4v) is 1.49. The fraction of sp³-hybridized carbons (Fsp3) is 0.923. The second kappa shape index (κ2) is 7.67. The average Bonchev–Trinajstić information content (AvgIpc) is 2.19. The van der Waals surface area contributed by atoms with Crippen LogP contribution in [0.15, 0.2) is 0 Å². The van der Waals surface area contributed by atoms with Gasteiger partial charge in [-0.05, 0) is 40.0 Å². The van der Waals surface area contributed by atoms with Crippen molar-refractivity contribution >= 4 is 5.97 Å². The van der Waals surface area contributed by atoms with Crippen molar-refractivity contribution in [1.29, 1.82) is 0 Å². The van der Waals surface area contributed by atoms with Crippen molar-refractivity contribution < 1.29 is 19.7 Å². The lowest BCUT2D eigenvalue weighted by atomic mass is 9.94. The number of hydrogen-bond donors (Lipinski definition) is 1. The Bertz CT molecular complexity index is 220. The van der Waals surface area contributed by atoms with E-state index in [9.17, 15) is 4.79 Å². The van der Waals surface area contributed by atoms with Gasteiger partial charge in [0.25, 0.3) is 0 Å². The lowest BCUT2D eigenvalue weighted by Gasteiger charge is -2.26. The monoisotopic (exact) mass is 246 g/mol. The average molecular weight is 246 g/mol. The Balaban J connectivity index is 4.20. The van der Waals surface area contributed by atoms with Gasteiger partial charge in [-0.2, -0.15) is 0 Å². The van der Waals surface area contributed by atoms with Crippen LogP contribution in [0, 0.1) is 5.92 Å². The van der Waals surface area contributed by atoms with E-state index in [-0.39, 0.29) is 24.0 Å². The van der Waals surface area contributed by atoms with Gasteiger partial charge in [-0.25, -0.2) is 9.78 Å². The molecule has 0 amide bonds. The molecule has 0 saturated heterocycles. The lowest BCUT2D eigenvalue weighted by molar-refractivity contribution is -0.377. The molecule has 1 N–H and O–H groups in total. The Morgan fingerprint density at radius 3 is 2.35 bits per heavy atom. The summed E-state index contributed by atoms with van der Waals surface area (Å²) in [7, 11) is 0. The van der Waals surface area contributed by atoms with E-state index in [1.54, 1.807) is 0 Å². The van der Waals surface area contributed by atoms with Crippen molar-refractivity contribution in [2.24, 2.45) is 5.92 Å². The molecule has 0 aromatic rings. The highest BCUT2D eigenvalue weighted by Gasteiger charge is 2.23. The van der Waals surface area contributed by atoms with Crippen LogP contribution < -0.4 is 0 Å². The fourth-order valence-electron chi connectivity index (χ4n) is 1.49. The Kier molecular flexibility index (Phi) is 7.39. The van der Waals surface area contributed by atoms with Gasteiger partial charge < -0.3 is 5.11 Å². The Hall–Kier alpha value is -0.610. The van der Waals surface area contributed by atoms with Gasteiger partial charge in [0.1, 0.15) is 0 Å². The molecule has 0 spiro atoms. The summed E-state index contributed by atoms with van der Waals surface area (Å²) in [6.07, 6.45) is 2.87. The minimum atomic E-state index is -0.780. The van der Waals surface area contributed by atoms with Crippen molar-refractivity contribution in [3.63, 3.8) is 0 Å². The molecule has 0 saturated carbocycles. The first-order valence-electron chi connectivity index (χ1n) is 6.32. The van der Waals surface area contributed by atoms with E-state index in [2.05, 4.69) is 6.92 Å². The summed E-state index contributed by atoms with van der Waals surface area (Å²) in [5.41, 5.74) is -0.368. The van der Waals surface area contributed by atoms with Crippen LogP contribution in [0.3, 0.4) is 0 Å². The first-order valence-corrected chi connectivity index (χ1v) is 6.32. The van der Waals surface area contributed by atoms with Crippen LogP contribution in [0.5, 0.6) is 0 Å². The smallest absolute Gasteiger partial charge is 0.303 e. The maximum Gasteiger partial charge on any atom is 0.303 e. The molecule has 0 aliphatic carbocycles. The van der Waals surface area contributed by atoms with Crippen LogP contribution in [0.25, 0.3) is 0 Å². The standard InChI is InChI=1S/C13H26O4/c1-6-7-8-11(9-12(14)15)10(2)16-17-13(3,4)5/h10-11H,6-9H2,1-5H3,(H,14,15). The number of unbranched alkanes of at least 4 members (excludes halogenated alkanes) is 1. The Morgan fingerprint density at radius 2 is 1.94 bits per heavy atom. The predicted octanol–water partition coefficient (Wildman–Crippen LogP) is 3.40. The summed E-state index contributed by atoms with van der Waals surface area (Å²) in [5.74, 6) is -0.771. The van der Waals surface area contributed by atoms with Crippen LogP contribution in [0.4, 0.5) is 0 Å². The van der Waals surface area contributed by atoms with Crippen LogP contribution in [-0.2, 0) is 14.6 Å². The molecule has 4 nitrogen and oxygen atoms in total. The van der Waals surface area contributed by atoms with E-state index >= 15 is 0 Å². The maximum absolute atomic E-state index is 10.8. The normalized spacial score (nSPS) is 15.6. The van der Waals surface area contributed by atoms with Crippen LogP contribution in [0.2, 0.25) is 0 Å². The van der Waals surface area contributed by atoms with Crippen molar-refractivity contribution in [3.05, 3.63) is 0 Å². The van der Waals surface area contributed by atoms with Gasteiger partial charge in [-0.1, -0.05) is 19.8 Å². The van der Waals surface area contributed by atoms with E-state index in [1.807, 2.05) is 27.7 Å².